The Morgan fingerprint density at radius 3 is 2.74 bits per heavy atom. The maximum Gasteiger partial charge on any atom is 0.223 e. The van der Waals surface area contributed by atoms with Crippen molar-refractivity contribution < 1.29 is 4.79 Å². The third-order valence-electron chi connectivity index (χ3n) is 7.73. The van der Waals surface area contributed by atoms with Gasteiger partial charge in [0.1, 0.15) is 0 Å². The summed E-state index contributed by atoms with van der Waals surface area (Å²) < 4.78 is 0. The molecule has 4 atom stereocenters. The third-order valence-corrected chi connectivity index (χ3v) is 8.50. The number of rotatable bonds is 4. The number of aromatic nitrogens is 1. The van der Waals surface area contributed by atoms with E-state index in [0.29, 0.717) is 29.8 Å². The van der Waals surface area contributed by atoms with Crippen molar-refractivity contribution in [2.75, 3.05) is 13.1 Å². The second-order valence-corrected chi connectivity index (χ2v) is 10.5. The minimum absolute atomic E-state index is 0.470. The zero-order valence-corrected chi connectivity index (χ0v) is 17.2. The van der Waals surface area contributed by atoms with Gasteiger partial charge in [0.25, 0.3) is 0 Å². The van der Waals surface area contributed by atoms with Crippen molar-refractivity contribution in [3.8, 4) is 0 Å². The number of amides is 1. The number of likely N-dealkylation sites (tertiary alicyclic amines) is 1. The van der Waals surface area contributed by atoms with Gasteiger partial charge in [-0.1, -0.05) is 32.1 Å². The van der Waals surface area contributed by atoms with Crippen LogP contribution in [-0.2, 0) is 11.3 Å². The van der Waals surface area contributed by atoms with E-state index in [0.717, 1.165) is 25.3 Å². The van der Waals surface area contributed by atoms with Crippen LogP contribution in [0, 0.1) is 17.8 Å². The van der Waals surface area contributed by atoms with E-state index in [4.69, 9.17) is 0 Å². The molecule has 5 heteroatoms. The van der Waals surface area contributed by atoms with Crippen LogP contribution in [0.4, 0.5) is 0 Å². The van der Waals surface area contributed by atoms with Crippen molar-refractivity contribution in [3.63, 3.8) is 0 Å². The van der Waals surface area contributed by atoms with Crippen LogP contribution in [0.3, 0.4) is 0 Å². The lowest BCUT2D eigenvalue weighted by molar-refractivity contribution is -0.154. The van der Waals surface area contributed by atoms with Gasteiger partial charge in [-0.05, 0) is 43.4 Å². The first-order valence-electron chi connectivity index (χ1n) is 11.2. The number of thiazole rings is 1. The molecule has 4 aliphatic rings. The number of carbonyl (C=O) groups is 1. The van der Waals surface area contributed by atoms with Gasteiger partial charge < -0.3 is 4.90 Å². The Morgan fingerprint density at radius 1 is 1.07 bits per heavy atom. The molecule has 1 aliphatic carbocycles. The molecule has 1 amide bonds. The van der Waals surface area contributed by atoms with Crippen molar-refractivity contribution >= 4 is 17.2 Å². The highest BCUT2D eigenvalue weighted by Crippen LogP contribution is 2.44. The minimum atomic E-state index is 0.470. The Kier molecular flexibility index (Phi) is 5.25. The lowest BCUT2D eigenvalue weighted by Crippen LogP contribution is -2.65. The first-order valence-corrected chi connectivity index (χ1v) is 12.1. The number of fused-ring (bicyclic) bond motifs is 4. The Morgan fingerprint density at radius 2 is 1.93 bits per heavy atom. The van der Waals surface area contributed by atoms with Gasteiger partial charge in [0.05, 0.1) is 5.51 Å². The third kappa shape index (κ3) is 3.69. The quantitative estimate of drug-likeness (QED) is 0.772. The fraction of sp³-hybridized carbons (Fsp3) is 0.818. The summed E-state index contributed by atoms with van der Waals surface area (Å²) in [5.41, 5.74) is 1.95. The topological polar surface area (TPSA) is 36.4 Å². The Bertz CT molecular complexity index is 642. The summed E-state index contributed by atoms with van der Waals surface area (Å²) in [6, 6.07) is 1.02. The van der Waals surface area contributed by atoms with Crippen LogP contribution in [0.25, 0.3) is 0 Å². The van der Waals surface area contributed by atoms with Crippen molar-refractivity contribution in [2.24, 2.45) is 17.8 Å². The van der Waals surface area contributed by atoms with Crippen molar-refractivity contribution in [1.29, 1.82) is 0 Å². The lowest BCUT2D eigenvalue weighted by Gasteiger charge is -2.57. The van der Waals surface area contributed by atoms with Gasteiger partial charge in [-0.25, -0.2) is 0 Å². The van der Waals surface area contributed by atoms with Gasteiger partial charge in [0, 0.05) is 49.2 Å². The minimum Gasteiger partial charge on any atom is -0.336 e. The lowest BCUT2D eigenvalue weighted by atomic mass is 9.69. The monoisotopic (exact) mass is 387 g/mol. The standard InChI is InChI=1S/C22H33N3OS/c26-22-8-4-7-20-17-10-18(13-24(12-17)14-19-11-23-15-27-19)21(25(20)22)9-16-5-2-1-3-6-16/h11,15-18,20-21H,1-10,12-14H2/t17-,18+,20+,21+/m1/s1. The van der Waals surface area contributed by atoms with Crippen LogP contribution in [0.1, 0.15) is 69.1 Å². The molecule has 1 saturated carbocycles. The smallest absolute Gasteiger partial charge is 0.223 e. The summed E-state index contributed by atoms with van der Waals surface area (Å²) in [6.07, 6.45) is 14.8. The second kappa shape index (κ2) is 7.82. The summed E-state index contributed by atoms with van der Waals surface area (Å²) in [7, 11) is 0. The maximum atomic E-state index is 13.0. The molecule has 4 nitrogen and oxygen atoms in total. The average Bonchev–Trinajstić information content (AvgIpc) is 3.19. The largest absolute Gasteiger partial charge is 0.336 e. The van der Waals surface area contributed by atoms with Crippen LogP contribution < -0.4 is 0 Å². The molecule has 2 bridgehead atoms. The molecule has 0 aromatic carbocycles. The van der Waals surface area contributed by atoms with Crippen molar-refractivity contribution in [2.45, 2.75) is 82.8 Å². The second-order valence-electron chi connectivity index (χ2n) is 9.49. The molecule has 4 fully saturated rings. The van der Waals surface area contributed by atoms with Gasteiger partial charge in [-0.3, -0.25) is 14.7 Å². The summed E-state index contributed by atoms with van der Waals surface area (Å²) in [5.74, 6) is 2.69. The molecule has 0 radical (unpaired) electrons. The first kappa shape index (κ1) is 18.1. The molecule has 148 valence electrons. The van der Waals surface area contributed by atoms with E-state index in [1.54, 1.807) is 11.3 Å². The van der Waals surface area contributed by atoms with E-state index < -0.39 is 0 Å². The van der Waals surface area contributed by atoms with E-state index in [1.165, 1.54) is 69.3 Å². The van der Waals surface area contributed by atoms with E-state index in [-0.39, 0.29) is 0 Å². The Labute approximate surface area is 167 Å². The number of hydrogen-bond donors (Lipinski definition) is 0. The predicted octanol–water partition coefficient (Wildman–Crippen LogP) is 4.31. The van der Waals surface area contributed by atoms with Gasteiger partial charge in [-0.2, -0.15) is 0 Å². The predicted molar refractivity (Wildman–Crippen MR) is 108 cm³/mol. The molecule has 1 aromatic heterocycles. The summed E-state index contributed by atoms with van der Waals surface area (Å²) in [4.78, 5) is 23.7. The number of hydrogen-bond acceptors (Lipinski definition) is 4. The fourth-order valence-corrected chi connectivity index (χ4v) is 7.25. The first-order chi connectivity index (χ1) is 13.3. The zero-order valence-electron chi connectivity index (χ0n) is 16.4. The van der Waals surface area contributed by atoms with Crippen LogP contribution in [0.15, 0.2) is 11.7 Å². The average molecular weight is 388 g/mol. The molecule has 4 heterocycles. The van der Waals surface area contributed by atoms with E-state index >= 15 is 0 Å². The molecule has 1 aromatic rings. The highest BCUT2D eigenvalue weighted by Gasteiger charge is 2.49. The molecule has 0 spiro atoms. The molecule has 5 rings (SSSR count). The summed E-state index contributed by atoms with van der Waals surface area (Å²) in [5, 5.41) is 0. The van der Waals surface area contributed by atoms with E-state index in [1.807, 2.05) is 11.7 Å². The highest BCUT2D eigenvalue weighted by molar-refractivity contribution is 7.09. The van der Waals surface area contributed by atoms with Gasteiger partial charge in [-0.15, -0.1) is 11.3 Å². The van der Waals surface area contributed by atoms with Crippen molar-refractivity contribution in [1.82, 2.24) is 14.8 Å². The van der Waals surface area contributed by atoms with Crippen molar-refractivity contribution in [3.05, 3.63) is 16.6 Å². The van der Waals surface area contributed by atoms with Crippen LogP contribution in [0.5, 0.6) is 0 Å². The van der Waals surface area contributed by atoms with E-state index in [2.05, 4.69) is 14.8 Å². The Balaban J connectivity index is 1.36. The van der Waals surface area contributed by atoms with Crippen LogP contribution >= 0.6 is 11.3 Å². The molecule has 0 unspecified atom stereocenters. The van der Waals surface area contributed by atoms with Crippen LogP contribution in [-0.4, -0.2) is 45.9 Å². The number of piperidine rings is 3. The summed E-state index contributed by atoms with van der Waals surface area (Å²) in [6.45, 7) is 3.38. The summed E-state index contributed by atoms with van der Waals surface area (Å²) >= 11 is 1.78. The van der Waals surface area contributed by atoms with Gasteiger partial charge in [0.15, 0.2) is 0 Å². The SMILES string of the molecule is O=C1CCC[C@H]2[C@@H]3C[C@@H](CN(Cc4cncs4)C3)[C@H](CC3CCCCC3)N12. The zero-order chi connectivity index (χ0) is 18.2. The molecule has 27 heavy (non-hydrogen) atoms. The highest BCUT2D eigenvalue weighted by atomic mass is 32.1. The molecule has 3 saturated heterocycles. The van der Waals surface area contributed by atoms with Gasteiger partial charge in [0.2, 0.25) is 5.91 Å². The van der Waals surface area contributed by atoms with E-state index in [9.17, 15) is 4.79 Å². The molecular formula is C22H33N3OS. The Hall–Kier alpha value is -0.940. The van der Waals surface area contributed by atoms with Gasteiger partial charge >= 0.3 is 0 Å². The number of carbonyl (C=O) groups excluding carboxylic acids is 1. The molecular weight excluding hydrogens is 354 g/mol. The fourth-order valence-electron chi connectivity index (χ4n) is 6.61. The normalized spacial score (nSPS) is 35.3. The number of nitrogens with zero attached hydrogens (tertiary/aromatic N) is 3. The molecule has 0 N–H and O–H groups in total. The molecule has 3 aliphatic heterocycles. The van der Waals surface area contributed by atoms with Crippen LogP contribution in [0.2, 0.25) is 0 Å². The maximum absolute atomic E-state index is 13.0.